The summed E-state index contributed by atoms with van der Waals surface area (Å²) in [6.45, 7) is 1.83. The molecule has 0 N–H and O–H groups in total. The number of hydrogen-bond acceptors (Lipinski definition) is 5. The molecule has 22 heavy (non-hydrogen) atoms. The van der Waals surface area contributed by atoms with Crippen LogP contribution in [0.2, 0.25) is 0 Å². The number of carbonyl (C=O) groups is 2. The minimum atomic E-state index is -3.01. The van der Waals surface area contributed by atoms with Gasteiger partial charge < -0.3 is 14.7 Å². The molecule has 2 heterocycles. The van der Waals surface area contributed by atoms with Crippen LogP contribution in [0.15, 0.2) is 0 Å². The quantitative estimate of drug-likeness (QED) is 0.649. The van der Waals surface area contributed by atoms with Crippen LogP contribution in [0.4, 0.5) is 0 Å². The molecule has 2 unspecified atom stereocenters. The molecule has 2 saturated heterocycles. The lowest BCUT2D eigenvalue weighted by Crippen LogP contribution is -2.42. The SMILES string of the molecule is CN(C)CCN1CC(C(=O)N(C)C2CCS(=O)(=O)C2)CC1=O. The third-order valence-corrected chi connectivity index (χ3v) is 6.23. The third-order valence-electron chi connectivity index (χ3n) is 4.48. The summed E-state index contributed by atoms with van der Waals surface area (Å²) >= 11 is 0. The number of hydrogen-bond donors (Lipinski definition) is 0. The summed E-state index contributed by atoms with van der Waals surface area (Å²) in [5.41, 5.74) is 0. The van der Waals surface area contributed by atoms with E-state index in [1.54, 1.807) is 11.9 Å². The van der Waals surface area contributed by atoms with E-state index in [1.807, 2.05) is 19.0 Å². The Morgan fingerprint density at radius 2 is 2.00 bits per heavy atom. The third kappa shape index (κ3) is 3.98. The molecule has 0 aromatic heterocycles. The number of likely N-dealkylation sites (tertiary alicyclic amines) is 1. The Morgan fingerprint density at radius 3 is 2.55 bits per heavy atom. The van der Waals surface area contributed by atoms with Gasteiger partial charge in [0.15, 0.2) is 9.84 Å². The molecule has 0 bridgehead atoms. The van der Waals surface area contributed by atoms with E-state index in [2.05, 4.69) is 0 Å². The highest BCUT2D eigenvalue weighted by Crippen LogP contribution is 2.23. The molecule has 0 radical (unpaired) electrons. The highest BCUT2D eigenvalue weighted by molar-refractivity contribution is 7.91. The minimum Gasteiger partial charge on any atom is -0.341 e. The van der Waals surface area contributed by atoms with Crippen molar-refractivity contribution in [2.45, 2.75) is 18.9 Å². The molecule has 126 valence electrons. The van der Waals surface area contributed by atoms with Gasteiger partial charge in [0, 0.05) is 39.1 Å². The van der Waals surface area contributed by atoms with E-state index < -0.39 is 9.84 Å². The van der Waals surface area contributed by atoms with E-state index in [4.69, 9.17) is 0 Å². The van der Waals surface area contributed by atoms with Gasteiger partial charge in [0.1, 0.15) is 0 Å². The second kappa shape index (κ2) is 6.54. The van der Waals surface area contributed by atoms with Gasteiger partial charge in [-0.05, 0) is 20.5 Å². The molecule has 2 atom stereocenters. The lowest BCUT2D eigenvalue weighted by atomic mass is 10.1. The fourth-order valence-electron chi connectivity index (χ4n) is 3.02. The molecule has 0 saturated carbocycles. The highest BCUT2D eigenvalue weighted by atomic mass is 32.2. The van der Waals surface area contributed by atoms with Crippen LogP contribution >= 0.6 is 0 Å². The molecule has 0 aliphatic carbocycles. The average molecular weight is 331 g/mol. The monoisotopic (exact) mass is 331 g/mol. The number of rotatable bonds is 5. The Hall–Kier alpha value is -1.15. The predicted octanol–water partition coefficient (Wildman–Crippen LogP) is -0.958. The summed E-state index contributed by atoms with van der Waals surface area (Å²) in [5, 5.41) is 0. The van der Waals surface area contributed by atoms with Crippen molar-refractivity contribution in [2.75, 3.05) is 52.3 Å². The lowest BCUT2D eigenvalue weighted by molar-refractivity contribution is -0.136. The standard InChI is InChI=1S/C14H25N3O4S/c1-15(2)5-6-17-9-11(8-13(17)18)14(19)16(3)12-4-7-22(20,21)10-12/h11-12H,4-10H2,1-3H3. The van der Waals surface area contributed by atoms with Crippen LogP contribution in [0.3, 0.4) is 0 Å². The first kappa shape index (κ1) is 17.2. The van der Waals surface area contributed by atoms with E-state index in [1.165, 1.54) is 4.90 Å². The zero-order chi connectivity index (χ0) is 16.5. The molecule has 0 aromatic rings. The first-order chi connectivity index (χ1) is 10.2. The summed E-state index contributed by atoms with van der Waals surface area (Å²) in [6, 6.07) is -0.247. The second-order valence-electron chi connectivity index (χ2n) is 6.55. The van der Waals surface area contributed by atoms with Gasteiger partial charge in [0.05, 0.1) is 17.4 Å². The van der Waals surface area contributed by atoms with Crippen molar-refractivity contribution in [1.82, 2.24) is 14.7 Å². The fraction of sp³-hybridized carbons (Fsp3) is 0.857. The molecule has 2 aliphatic rings. The summed E-state index contributed by atoms with van der Waals surface area (Å²) in [5.74, 6) is -0.257. The molecular formula is C14H25N3O4S. The Kier molecular flexibility index (Phi) is 5.11. The van der Waals surface area contributed by atoms with Gasteiger partial charge in [-0.1, -0.05) is 0 Å². The van der Waals surface area contributed by atoms with Gasteiger partial charge in [-0.3, -0.25) is 9.59 Å². The van der Waals surface area contributed by atoms with E-state index in [-0.39, 0.29) is 41.7 Å². The Balaban J connectivity index is 1.92. The predicted molar refractivity (Wildman–Crippen MR) is 83.1 cm³/mol. The molecule has 2 aliphatic heterocycles. The van der Waals surface area contributed by atoms with Gasteiger partial charge in [0.25, 0.3) is 0 Å². The van der Waals surface area contributed by atoms with Crippen molar-refractivity contribution >= 4 is 21.7 Å². The second-order valence-corrected chi connectivity index (χ2v) is 8.78. The van der Waals surface area contributed by atoms with Crippen molar-refractivity contribution in [3.8, 4) is 0 Å². The maximum absolute atomic E-state index is 12.5. The largest absolute Gasteiger partial charge is 0.341 e. The molecular weight excluding hydrogens is 306 g/mol. The number of nitrogens with zero attached hydrogens (tertiary/aromatic N) is 3. The van der Waals surface area contributed by atoms with Gasteiger partial charge in [-0.25, -0.2) is 8.42 Å². The summed E-state index contributed by atoms with van der Waals surface area (Å²) in [4.78, 5) is 29.8. The lowest BCUT2D eigenvalue weighted by Gasteiger charge is -2.26. The van der Waals surface area contributed by atoms with Crippen molar-refractivity contribution in [2.24, 2.45) is 5.92 Å². The molecule has 2 amide bonds. The molecule has 7 nitrogen and oxygen atoms in total. The maximum atomic E-state index is 12.5. The van der Waals surface area contributed by atoms with Gasteiger partial charge in [-0.15, -0.1) is 0 Å². The molecule has 2 fully saturated rings. The fourth-order valence-corrected chi connectivity index (χ4v) is 4.80. The van der Waals surface area contributed by atoms with Gasteiger partial charge >= 0.3 is 0 Å². The molecule has 2 rings (SSSR count). The number of sulfone groups is 1. The topological polar surface area (TPSA) is 78.0 Å². The normalized spacial score (nSPS) is 27.6. The average Bonchev–Trinajstić information content (AvgIpc) is 2.97. The van der Waals surface area contributed by atoms with Crippen LogP contribution in [0.5, 0.6) is 0 Å². The smallest absolute Gasteiger partial charge is 0.228 e. The number of amides is 2. The van der Waals surface area contributed by atoms with Crippen molar-refractivity contribution in [1.29, 1.82) is 0 Å². The van der Waals surface area contributed by atoms with Crippen LogP contribution in [-0.2, 0) is 19.4 Å². The van der Waals surface area contributed by atoms with Crippen molar-refractivity contribution in [3.63, 3.8) is 0 Å². The summed E-state index contributed by atoms with van der Waals surface area (Å²) in [6.07, 6.45) is 0.728. The first-order valence-electron chi connectivity index (χ1n) is 7.59. The van der Waals surface area contributed by atoms with Crippen LogP contribution in [0, 0.1) is 5.92 Å². The van der Waals surface area contributed by atoms with E-state index >= 15 is 0 Å². The number of carbonyl (C=O) groups excluding carboxylic acids is 2. The minimum absolute atomic E-state index is 0.00708. The van der Waals surface area contributed by atoms with Crippen LogP contribution in [0.25, 0.3) is 0 Å². The van der Waals surface area contributed by atoms with E-state index in [0.29, 0.717) is 19.5 Å². The zero-order valence-electron chi connectivity index (χ0n) is 13.5. The van der Waals surface area contributed by atoms with Crippen LogP contribution in [0.1, 0.15) is 12.8 Å². The Labute approximate surface area is 132 Å². The van der Waals surface area contributed by atoms with Gasteiger partial charge in [0.2, 0.25) is 11.8 Å². The Morgan fingerprint density at radius 1 is 1.32 bits per heavy atom. The summed E-state index contributed by atoms with van der Waals surface area (Å²) in [7, 11) is 2.52. The van der Waals surface area contributed by atoms with Crippen LogP contribution < -0.4 is 0 Å². The maximum Gasteiger partial charge on any atom is 0.228 e. The molecule has 8 heteroatoms. The van der Waals surface area contributed by atoms with Crippen molar-refractivity contribution in [3.05, 3.63) is 0 Å². The molecule has 0 spiro atoms. The van der Waals surface area contributed by atoms with E-state index in [0.717, 1.165) is 6.54 Å². The Bertz CT molecular complexity index is 546. The number of likely N-dealkylation sites (N-methyl/N-ethyl adjacent to an activating group) is 1. The van der Waals surface area contributed by atoms with Crippen LogP contribution in [-0.4, -0.2) is 93.3 Å². The van der Waals surface area contributed by atoms with Crippen molar-refractivity contribution < 1.29 is 18.0 Å². The van der Waals surface area contributed by atoms with E-state index in [9.17, 15) is 18.0 Å². The zero-order valence-corrected chi connectivity index (χ0v) is 14.3. The summed E-state index contributed by atoms with van der Waals surface area (Å²) < 4.78 is 23.1. The molecule has 0 aromatic carbocycles. The highest BCUT2D eigenvalue weighted by Gasteiger charge is 2.39. The first-order valence-corrected chi connectivity index (χ1v) is 9.41. The van der Waals surface area contributed by atoms with Gasteiger partial charge in [-0.2, -0.15) is 0 Å².